The number of methoxy groups -OCH3 is 1. The Hall–Kier alpha value is -0.540. The van der Waals surface area contributed by atoms with Gasteiger partial charge in [-0.1, -0.05) is 40.5 Å². The van der Waals surface area contributed by atoms with E-state index in [0.29, 0.717) is 17.9 Å². The quantitative estimate of drug-likeness (QED) is 0.761. The van der Waals surface area contributed by atoms with Crippen molar-refractivity contribution in [2.45, 2.75) is 44.7 Å². The first-order chi connectivity index (χ1) is 8.95. The lowest BCUT2D eigenvalue weighted by molar-refractivity contribution is 0.0510. The Morgan fingerprint density at radius 1 is 1.21 bits per heavy atom. The van der Waals surface area contributed by atoms with Crippen LogP contribution in [0.5, 0.6) is 5.75 Å². The fraction of sp³-hybridized carbons (Fsp3) is 0.625. The molecule has 2 nitrogen and oxygen atoms in total. The van der Waals surface area contributed by atoms with E-state index < -0.39 is 0 Å². The van der Waals surface area contributed by atoms with Crippen LogP contribution in [-0.4, -0.2) is 19.3 Å². The normalized spacial score (nSPS) is 32.3. The number of alkyl halides is 1. The van der Waals surface area contributed by atoms with E-state index in [-0.39, 0.29) is 10.9 Å². The topological polar surface area (TPSA) is 18.5 Å². The fourth-order valence-corrected chi connectivity index (χ4v) is 4.34. The van der Waals surface area contributed by atoms with Crippen molar-refractivity contribution < 1.29 is 9.47 Å². The highest BCUT2D eigenvalue weighted by atomic mass is 79.9. The van der Waals surface area contributed by atoms with Gasteiger partial charge in [-0.25, -0.2) is 0 Å². The number of rotatable bonds is 3. The van der Waals surface area contributed by atoms with Crippen LogP contribution in [0.15, 0.2) is 18.2 Å². The lowest BCUT2D eigenvalue weighted by atomic mass is 9.84. The van der Waals surface area contributed by atoms with Gasteiger partial charge in [0.1, 0.15) is 5.75 Å². The maximum atomic E-state index is 5.96. The van der Waals surface area contributed by atoms with Crippen LogP contribution in [0.2, 0.25) is 0 Å². The van der Waals surface area contributed by atoms with Gasteiger partial charge in [0.05, 0.1) is 19.3 Å². The zero-order valence-corrected chi connectivity index (χ0v) is 13.9. The van der Waals surface area contributed by atoms with Crippen molar-refractivity contribution >= 4 is 15.9 Å². The second kappa shape index (κ2) is 5.84. The Morgan fingerprint density at radius 3 is 2.42 bits per heavy atom. The number of hydrogen-bond donors (Lipinski definition) is 0. The summed E-state index contributed by atoms with van der Waals surface area (Å²) in [7, 11) is 1.73. The van der Waals surface area contributed by atoms with Crippen molar-refractivity contribution in [1.82, 2.24) is 0 Å². The van der Waals surface area contributed by atoms with Gasteiger partial charge in [-0.15, -0.1) is 0 Å². The highest BCUT2D eigenvalue weighted by Gasteiger charge is 2.41. The Kier molecular flexibility index (Phi) is 4.57. The summed E-state index contributed by atoms with van der Waals surface area (Å²) >= 11 is 3.89. The van der Waals surface area contributed by atoms with Crippen LogP contribution in [0.3, 0.4) is 0 Å². The van der Waals surface area contributed by atoms with Crippen molar-refractivity contribution in [3.05, 3.63) is 29.3 Å². The smallest absolute Gasteiger partial charge is 0.123 e. The molecule has 0 radical (unpaired) electrons. The van der Waals surface area contributed by atoms with E-state index in [2.05, 4.69) is 55.8 Å². The van der Waals surface area contributed by atoms with Crippen LogP contribution in [0.4, 0.5) is 0 Å². The number of ether oxygens (including phenoxy) is 2. The molecule has 1 saturated heterocycles. The first kappa shape index (κ1) is 14.9. The summed E-state index contributed by atoms with van der Waals surface area (Å²) in [6.07, 6.45) is 0.579. The van der Waals surface area contributed by atoms with E-state index in [1.807, 2.05) is 6.07 Å². The summed E-state index contributed by atoms with van der Waals surface area (Å²) < 4.78 is 11.5. The third-order valence-corrected chi connectivity index (χ3v) is 5.44. The number of benzene rings is 1. The molecule has 1 aromatic carbocycles. The van der Waals surface area contributed by atoms with Gasteiger partial charge >= 0.3 is 0 Å². The van der Waals surface area contributed by atoms with Crippen molar-refractivity contribution in [1.29, 1.82) is 0 Å². The molecule has 0 amide bonds. The molecule has 0 aromatic heterocycles. The lowest BCUT2D eigenvalue weighted by Gasteiger charge is -2.26. The molecule has 5 atom stereocenters. The molecule has 1 aliphatic heterocycles. The van der Waals surface area contributed by atoms with Gasteiger partial charge in [0.25, 0.3) is 0 Å². The Labute approximate surface area is 124 Å². The molecule has 0 N–H and O–H groups in total. The molecule has 1 aromatic rings. The minimum Gasteiger partial charge on any atom is -0.496 e. The van der Waals surface area contributed by atoms with Crippen molar-refractivity contribution in [2.24, 2.45) is 11.8 Å². The second-order valence-corrected chi connectivity index (χ2v) is 6.62. The largest absolute Gasteiger partial charge is 0.496 e. The van der Waals surface area contributed by atoms with Gasteiger partial charge < -0.3 is 9.47 Å². The SMILES string of the molecule is COc1ccc(C)cc1C(Br)C1C(C)OC(C)C1C. The van der Waals surface area contributed by atoms with Crippen LogP contribution in [0.25, 0.3) is 0 Å². The van der Waals surface area contributed by atoms with Gasteiger partial charge in [0, 0.05) is 16.3 Å². The van der Waals surface area contributed by atoms with Crippen molar-refractivity contribution in [3.63, 3.8) is 0 Å². The van der Waals surface area contributed by atoms with E-state index in [9.17, 15) is 0 Å². The molecule has 1 fully saturated rings. The predicted molar refractivity (Wildman–Crippen MR) is 82.1 cm³/mol. The average molecular weight is 327 g/mol. The maximum absolute atomic E-state index is 5.96. The highest BCUT2D eigenvalue weighted by Crippen LogP contribution is 2.47. The van der Waals surface area contributed by atoms with E-state index in [4.69, 9.17) is 9.47 Å². The monoisotopic (exact) mass is 326 g/mol. The summed E-state index contributed by atoms with van der Waals surface area (Å²) in [5.74, 6) is 1.95. The number of aryl methyl sites for hydroxylation is 1. The molecule has 0 aliphatic carbocycles. The van der Waals surface area contributed by atoms with Gasteiger partial charge in [0.15, 0.2) is 0 Å². The standard InChI is InChI=1S/C16H23BrO2/c1-9-6-7-14(18-5)13(8-9)16(17)15-10(2)11(3)19-12(15)4/h6-8,10-12,15-16H,1-5H3. The Balaban J connectivity index is 2.33. The molecule has 1 aliphatic rings. The summed E-state index contributed by atoms with van der Waals surface area (Å²) in [5, 5.41) is 0. The summed E-state index contributed by atoms with van der Waals surface area (Å²) in [6.45, 7) is 8.72. The van der Waals surface area contributed by atoms with E-state index >= 15 is 0 Å². The predicted octanol–water partition coefficient (Wildman–Crippen LogP) is 4.50. The summed E-state index contributed by atoms with van der Waals surface area (Å²) in [6, 6.07) is 6.34. The molecular weight excluding hydrogens is 304 g/mol. The molecule has 0 spiro atoms. The first-order valence-electron chi connectivity index (χ1n) is 6.89. The molecule has 2 rings (SSSR count). The minimum atomic E-state index is 0.261. The minimum absolute atomic E-state index is 0.261. The maximum Gasteiger partial charge on any atom is 0.123 e. The average Bonchev–Trinajstić information content (AvgIpc) is 2.62. The van der Waals surface area contributed by atoms with Crippen LogP contribution in [0, 0.1) is 18.8 Å². The lowest BCUT2D eigenvalue weighted by Crippen LogP contribution is -2.22. The Bertz CT molecular complexity index is 446. The van der Waals surface area contributed by atoms with Crippen LogP contribution >= 0.6 is 15.9 Å². The van der Waals surface area contributed by atoms with Gasteiger partial charge in [-0.05, 0) is 32.8 Å². The zero-order chi connectivity index (χ0) is 14.2. The van der Waals surface area contributed by atoms with Crippen molar-refractivity contribution in [3.8, 4) is 5.75 Å². The molecule has 3 heteroatoms. The number of halogens is 1. The molecule has 0 saturated carbocycles. The van der Waals surface area contributed by atoms with Crippen LogP contribution < -0.4 is 4.74 Å². The summed E-state index contributed by atoms with van der Waals surface area (Å²) in [4.78, 5) is 0.261. The van der Waals surface area contributed by atoms with E-state index in [1.165, 1.54) is 11.1 Å². The second-order valence-electron chi connectivity index (χ2n) is 5.63. The molecule has 0 bridgehead atoms. The van der Waals surface area contributed by atoms with Crippen LogP contribution in [-0.2, 0) is 4.74 Å². The first-order valence-corrected chi connectivity index (χ1v) is 7.81. The molecule has 106 valence electrons. The third-order valence-electron chi connectivity index (χ3n) is 4.34. The Morgan fingerprint density at radius 2 is 1.89 bits per heavy atom. The highest BCUT2D eigenvalue weighted by molar-refractivity contribution is 9.09. The number of hydrogen-bond acceptors (Lipinski definition) is 2. The zero-order valence-electron chi connectivity index (χ0n) is 12.3. The summed E-state index contributed by atoms with van der Waals surface area (Å²) in [5.41, 5.74) is 2.48. The van der Waals surface area contributed by atoms with E-state index in [1.54, 1.807) is 7.11 Å². The van der Waals surface area contributed by atoms with Crippen molar-refractivity contribution in [2.75, 3.05) is 7.11 Å². The third kappa shape index (κ3) is 2.82. The van der Waals surface area contributed by atoms with Gasteiger partial charge in [-0.2, -0.15) is 0 Å². The molecule has 1 heterocycles. The van der Waals surface area contributed by atoms with Gasteiger partial charge in [-0.3, -0.25) is 0 Å². The van der Waals surface area contributed by atoms with E-state index in [0.717, 1.165) is 5.75 Å². The van der Waals surface area contributed by atoms with Crippen LogP contribution in [0.1, 0.15) is 36.7 Å². The molecular formula is C16H23BrO2. The fourth-order valence-electron chi connectivity index (χ4n) is 3.07. The molecule has 5 unspecified atom stereocenters. The molecule has 19 heavy (non-hydrogen) atoms. The van der Waals surface area contributed by atoms with Gasteiger partial charge in [0.2, 0.25) is 0 Å².